The fourth-order valence-corrected chi connectivity index (χ4v) is 4.78. The number of likely N-dealkylation sites (N-methyl/N-ethyl adjacent to an activating group) is 2. The Balaban J connectivity index is 1.64. The van der Waals surface area contributed by atoms with E-state index in [2.05, 4.69) is 61.3 Å². The van der Waals surface area contributed by atoms with Crippen molar-refractivity contribution in [1.82, 2.24) is 15.1 Å². The average Bonchev–Trinajstić information content (AvgIpc) is 3.06. The summed E-state index contributed by atoms with van der Waals surface area (Å²) >= 11 is 0. The van der Waals surface area contributed by atoms with Crippen molar-refractivity contribution >= 4 is 5.91 Å². The van der Waals surface area contributed by atoms with E-state index in [9.17, 15) is 4.79 Å². The van der Waals surface area contributed by atoms with E-state index >= 15 is 0 Å². The first kappa shape index (κ1) is 19.4. The summed E-state index contributed by atoms with van der Waals surface area (Å²) in [6.07, 6.45) is 5.49. The van der Waals surface area contributed by atoms with Crippen LogP contribution in [-0.2, 0) is 10.2 Å². The largest absolute Gasteiger partial charge is 0.355 e. The summed E-state index contributed by atoms with van der Waals surface area (Å²) in [5.41, 5.74) is 4.19. The second-order valence-electron chi connectivity index (χ2n) is 8.74. The Morgan fingerprint density at radius 2 is 1.77 bits per heavy atom. The molecule has 1 aliphatic carbocycles. The van der Waals surface area contributed by atoms with Gasteiger partial charge >= 0.3 is 0 Å². The van der Waals surface area contributed by atoms with Crippen LogP contribution in [0.5, 0.6) is 0 Å². The summed E-state index contributed by atoms with van der Waals surface area (Å²) in [6, 6.07) is 7.22. The molecule has 2 aliphatic rings. The predicted molar refractivity (Wildman–Crippen MR) is 108 cm³/mol. The van der Waals surface area contributed by atoms with Crippen molar-refractivity contribution < 1.29 is 4.79 Å². The highest BCUT2D eigenvalue weighted by Crippen LogP contribution is 2.41. The van der Waals surface area contributed by atoms with Gasteiger partial charge in [0.25, 0.3) is 0 Å². The maximum Gasteiger partial charge on any atom is 0.221 e. The Morgan fingerprint density at radius 1 is 1.12 bits per heavy atom. The molecule has 0 bridgehead atoms. The van der Waals surface area contributed by atoms with E-state index in [-0.39, 0.29) is 11.3 Å². The molecule has 1 amide bonds. The molecule has 1 atom stereocenters. The van der Waals surface area contributed by atoms with Crippen LogP contribution in [0.3, 0.4) is 0 Å². The maximum absolute atomic E-state index is 12.7. The molecule has 0 radical (unpaired) electrons. The highest BCUT2D eigenvalue weighted by molar-refractivity contribution is 5.76. The van der Waals surface area contributed by atoms with Gasteiger partial charge in [-0.2, -0.15) is 0 Å². The van der Waals surface area contributed by atoms with Crippen LogP contribution < -0.4 is 5.32 Å². The second-order valence-corrected chi connectivity index (χ2v) is 8.74. The van der Waals surface area contributed by atoms with Crippen molar-refractivity contribution in [2.75, 3.05) is 40.3 Å². The maximum atomic E-state index is 12.7. The van der Waals surface area contributed by atoms with Crippen molar-refractivity contribution in [2.24, 2.45) is 0 Å². The zero-order chi connectivity index (χ0) is 18.7. The molecular weight excluding hydrogens is 322 g/mol. The lowest BCUT2D eigenvalue weighted by Gasteiger charge is -2.37. The number of benzene rings is 1. The van der Waals surface area contributed by atoms with Crippen LogP contribution in [0.25, 0.3) is 0 Å². The third kappa shape index (κ3) is 4.47. The first-order valence-electron chi connectivity index (χ1n) is 10.1. The fourth-order valence-electron chi connectivity index (χ4n) is 4.78. The minimum Gasteiger partial charge on any atom is -0.355 e. The van der Waals surface area contributed by atoms with Crippen molar-refractivity contribution in [3.63, 3.8) is 0 Å². The first-order valence-corrected chi connectivity index (χ1v) is 10.1. The molecule has 0 aromatic heterocycles. The summed E-state index contributed by atoms with van der Waals surface area (Å²) in [5.74, 6) is 0.202. The number of hydrogen-bond donors (Lipinski definition) is 1. The van der Waals surface area contributed by atoms with Gasteiger partial charge in [0.1, 0.15) is 0 Å². The van der Waals surface area contributed by atoms with Crippen LogP contribution in [0.15, 0.2) is 18.2 Å². The van der Waals surface area contributed by atoms with Crippen LogP contribution >= 0.6 is 0 Å². The van der Waals surface area contributed by atoms with Crippen molar-refractivity contribution in [3.05, 3.63) is 34.9 Å². The summed E-state index contributed by atoms with van der Waals surface area (Å²) in [5, 5.41) is 3.30. The standard InChI is InChI=1S/C22H35N3O/c1-17-11-18(2)13-19(12-17)22(7-5-6-8-22)16-23-21(26)14-20-15-24(3)9-10-25(20)4/h11-13,20H,5-10,14-16H2,1-4H3,(H,23,26)/t20-/m1/s1. The Labute approximate surface area is 158 Å². The summed E-state index contributed by atoms with van der Waals surface area (Å²) in [4.78, 5) is 17.3. The van der Waals surface area contributed by atoms with Crippen LogP contribution in [0.4, 0.5) is 0 Å². The zero-order valence-electron chi connectivity index (χ0n) is 17.0. The number of piperazine rings is 1. The lowest BCUT2D eigenvalue weighted by atomic mass is 9.77. The number of carbonyl (C=O) groups is 1. The molecule has 1 heterocycles. The van der Waals surface area contributed by atoms with Gasteiger partial charge in [-0.3, -0.25) is 4.79 Å². The number of carbonyl (C=O) groups excluding carboxylic acids is 1. The highest BCUT2D eigenvalue weighted by atomic mass is 16.1. The number of hydrogen-bond acceptors (Lipinski definition) is 3. The molecule has 0 unspecified atom stereocenters. The lowest BCUT2D eigenvalue weighted by molar-refractivity contribution is -0.123. The predicted octanol–water partition coefficient (Wildman–Crippen LogP) is 2.87. The van der Waals surface area contributed by atoms with Crippen LogP contribution in [-0.4, -0.2) is 62.0 Å². The van der Waals surface area contributed by atoms with Crippen molar-refractivity contribution in [1.29, 1.82) is 0 Å². The fraction of sp³-hybridized carbons (Fsp3) is 0.682. The van der Waals surface area contributed by atoms with Gasteiger partial charge < -0.3 is 15.1 Å². The van der Waals surface area contributed by atoms with Gasteiger partial charge in [0, 0.05) is 44.1 Å². The SMILES string of the molecule is Cc1cc(C)cc(C2(CNC(=O)C[C@@H]3CN(C)CCN3C)CCCC2)c1. The first-order chi connectivity index (χ1) is 12.4. The number of aryl methyl sites for hydroxylation is 2. The molecule has 1 aromatic carbocycles. The Hall–Kier alpha value is -1.39. The Kier molecular flexibility index (Phi) is 6.03. The van der Waals surface area contributed by atoms with Gasteiger partial charge in [-0.05, 0) is 46.3 Å². The number of nitrogens with zero attached hydrogens (tertiary/aromatic N) is 2. The summed E-state index contributed by atoms with van der Waals surface area (Å²) in [7, 11) is 4.28. The van der Waals surface area contributed by atoms with E-state index in [1.165, 1.54) is 42.4 Å². The molecular formula is C22H35N3O. The Morgan fingerprint density at radius 3 is 2.42 bits per heavy atom. The molecule has 144 valence electrons. The highest BCUT2D eigenvalue weighted by Gasteiger charge is 2.36. The van der Waals surface area contributed by atoms with E-state index < -0.39 is 0 Å². The quantitative estimate of drug-likeness (QED) is 0.880. The number of amides is 1. The van der Waals surface area contributed by atoms with E-state index in [0.717, 1.165) is 26.2 Å². The molecule has 3 rings (SSSR count). The van der Waals surface area contributed by atoms with Crippen LogP contribution in [0.2, 0.25) is 0 Å². The van der Waals surface area contributed by atoms with Crippen molar-refractivity contribution in [2.45, 2.75) is 57.4 Å². The molecule has 2 fully saturated rings. The molecule has 1 N–H and O–H groups in total. The van der Waals surface area contributed by atoms with E-state index in [4.69, 9.17) is 0 Å². The van der Waals surface area contributed by atoms with Gasteiger partial charge in [0.15, 0.2) is 0 Å². The van der Waals surface area contributed by atoms with Gasteiger partial charge in [-0.25, -0.2) is 0 Å². The molecule has 4 heteroatoms. The van der Waals surface area contributed by atoms with Gasteiger partial charge in [0.2, 0.25) is 5.91 Å². The molecule has 4 nitrogen and oxygen atoms in total. The Bertz CT molecular complexity index is 616. The lowest BCUT2D eigenvalue weighted by Crippen LogP contribution is -2.52. The van der Waals surface area contributed by atoms with E-state index in [1.54, 1.807) is 0 Å². The topological polar surface area (TPSA) is 35.6 Å². The molecule has 1 aliphatic heterocycles. The molecule has 26 heavy (non-hydrogen) atoms. The molecule has 1 saturated heterocycles. The second kappa shape index (κ2) is 8.10. The van der Waals surface area contributed by atoms with Gasteiger partial charge in [-0.1, -0.05) is 42.2 Å². The smallest absolute Gasteiger partial charge is 0.221 e. The normalized spacial score (nSPS) is 23.9. The van der Waals surface area contributed by atoms with Crippen LogP contribution in [0.1, 0.15) is 48.8 Å². The van der Waals surface area contributed by atoms with E-state index in [1.807, 2.05) is 0 Å². The van der Waals surface area contributed by atoms with Gasteiger partial charge in [0.05, 0.1) is 0 Å². The number of rotatable bonds is 5. The third-order valence-electron chi connectivity index (χ3n) is 6.42. The summed E-state index contributed by atoms with van der Waals surface area (Å²) < 4.78 is 0. The van der Waals surface area contributed by atoms with E-state index in [0.29, 0.717) is 12.5 Å². The molecule has 0 spiro atoms. The summed E-state index contributed by atoms with van der Waals surface area (Å²) in [6.45, 7) is 8.23. The monoisotopic (exact) mass is 357 g/mol. The molecule has 1 aromatic rings. The van der Waals surface area contributed by atoms with Gasteiger partial charge in [-0.15, -0.1) is 0 Å². The third-order valence-corrected chi connectivity index (χ3v) is 6.42. The van der Waals surface area contributed by atoms with Crippen LogP contribution in [0, 0.1) is 13.8 Å². The average molecular weight is 358 g/mol. The minimum absolute atomic E-state index is 0.127. The zero-order valence-corrected chi connectivity index (χ0v) is 17.0. The molecule has 1 saturated carbocycles. The van der Waals surface area contributed by atoms with Crippen molar-refractivity contribution in [3.8, 4) is 0 Å². The minimum atomic E-state index is 0.127. The number of nitrogens with one attached hydrogen (secondary N) is 1.